The number of fused-ring (bicyclic) bond motifs is 3. The number of aryl methyl sites for hydroxylation is 1. The van der Waals surface area contributed by atoms with Crippen molar-refractivity contribution in [2.75, 3.05) is 0 Å². The topological polar surface area (TPSA) is 50.1 Å². The summed E-state index contributed by atoms with van der Waals surface area (Å²) in [5.41, 5.74) is -0.780. The zero-order chi connectivity index (χ0) is 22.3. The van der Waals surface area contributed by atoms with Gasteiger partial charge in [0.2, 0.25) is 0 Å². The Hall–Kier alpha value is -3.92. The Bertz CT molecular complexity index is 1400. The van der Waals surface area contributed by atoms with Crippen molar-refractivity contribution in [1.82, 2.24) is 0 Å². The molecule has 31 heavy (non-hydrogen) atoms. The monoisotopic (exact) mass is 423 g/mol. The van der Waals surface area contributed by atoms with E-state index in [1.165, 1.54) is 12.1 Å². The molecule has 0 heterocycles. The maximum absolute atomic E-state index is 15.1. The molecule has 4 rings (SSSR count). The Morgan fingerprint density at radius 2 is 1.58 bits per heavy atom. The van der Waals surface area contributed by atoms with Gasteiger partial charge < -0.3 is 4.74 Å². The number of rotatable bonds is 3. The number of hydrogen-bond acceptors (Lipinski definition) is 3. The SMILES string of the molecule is CCc1ccc2c(ccc3c(F)c(C(=O)Oc4cc(F)c(C#N)c(F)c4)c(F)cc32)c1. The second-order valence-electron chi connectivity index (χ2n) is 6.88. The third kappa shape index (κ3) is 3.46. The van der Waals surface area contributed by atoms with Gasteiger partial charge in [0, 0.05) is 17.5 Å². The highest BCUT2D eigenvalue weighted by atomic mass is 19.1. The number of hydrogen-bond donors (Lipinski definition) is 0. The Labute approximate surface area is 174 Å². The molecule has 0 aromatic heterocycles. The molecule has 0 unspecified atom stereocenters. The molecule has 0 aliphatic heterocycles. The molecule has 0 radical (unpaired) electrons. The predicted octanol–water partition coefficient (Wildman–Crippen LogP) is 6.20. The van der Waals surface area contributed by atoms with E-state index in [0.717, 1.165) is 23.4 Å². The molecule has 0 spiro atoms. The number of benzene rings is 4. The molecule has 0 amide bonds. The molecule has 0 bridgehead atoms. The number of nitriles is 1. The second kappa shape index (κ2) is 7.73. The molecular weight excluding hydrogens is 410 g/mol. The standard InChI is InChI=1S/C24H13F4NO2/c1-2-12-3-5-15-13(7-12)4-6-16-17(15)10-21(27)22(23(16)28)24(30)31-14-8-19(25)18(11-29)20(26)9-14/h3-10H,2H2,1H3. The van der Waals surface area contributed by atoms with Crippen molar-refractivity contribution in [1.29, 1.82) is 5.26 Å². The average molecular weight is 423 g/mol. The molecule has 0 aliphatic carbocycles. The van der Waals surface area contributed by atoms with Crippen LogP contribution in [0.15, 0.2) is 48.5 Å². The van der Waals surface area contributed by atoms with Crippen LogP contribution >= 0.6 is 0 Å². The van der Waals surface area contributed by atoms with Crippen LogP contribution in [0.4, 0.5) is 17.6 Å². The van der Waals surface area contributed by atoms with Gasteiger partial charge >= 0.3 is 5.97 Å². The minimum absolute atomic E-state index is 0.00212. The van der Waals surface area contributed by atoms with Gasteiger partial charge in [0.05, 0.1) is 0 Å². The van der Waals surface area contributed by atoms with E-state index in [0.29, 0.717) is 17.5 Å². The summed E-state index contributed by atoms with van der Waals surface area (Å²) in [6.07, 6.45) is 0.804. The van der Waals surface area contributed by atoms with Crippen molar-refractivity contribution in [3.8, 4) is 11.8 Å². The third-order valence-electron chi connectivity index (χ3n) is 5.04. The molecule has 0 saturated heterocycles. The number of halogens is 4. The summed E-state index contributed by atoms with van der Waals surface area (Å²) < 4.78 is 62.1. The number of carbonyl (C=O) groups is 1. The fraction of sp³-hybridized carbons (Fsp3) is 0.0833. The van der Waals surface area contributed by atoms with Crippen LogP contribution in [0.2, 0.25) is 0 Å². The van der Waals surface area contributed by atoms with Gasteiger partial charge in [0.1, 0.15) is 46.2 Å². The molecule has 7 heteroatoms. The maximum atomic E-state index is 15.1. The Morgan fingerprint density at radius 1 is 0.903 bits per heavy atom. The lowest BCUT2D eigenvalue weighted by Gasteiger charge is -2.11. The Balaban J connectivity index is 1.80. The first-order valence-electron chi connectivity index (χ1n) is 9.28. The summed E-state index contributed by atoms with van der Waals surface area (Å²) >= 11 is 0. The van der Waals surface area contributed by atoms with Crippen molar-refractivity contribution in [3.63, 3.8) is 0 Å². The minimum Gasteiger partial charge on any atom is -0.423 e. The summed E-state index contributed by atoms with van der Waals surface area (Å²) in [6.45, 7) is 1.99. The van der Waals surface area contributed by atoms with Crippen molar-refractivity contribution >= 4 is 27.5 Å². The quantitative estimate of drug-likeness (QED) is 0.171. The van der Waals surface area contributed by atoms with Crippen LogP contribution in [0.25, 0.3) is 21.5 Å². The smallest absolute Gasteiger partial charge is 0.349 e. The summed E-state index contributed by atoms with van der Waals surface area (Å²) in [5, 5.41) is 10.4. The van der Waals surface area contributed by atoms with E-state index >= 15 is 4.39 Å². The summed E-state index contributed by atoms with van der Waals surface area (Å²) in [4.78, 5) is 12.4. The van der Waals surface area contributed by atoms with E-state index in [1.54, 1.807) is 12.1 Å². The van der Waals surface area contributed by atoms with E-state index in [2.05, 4.69) is 0 Å². The maximum Gasteiger partial charge on any atom is 0.349 e. The van der Waals surface area contributed by atoms with Crippen molar-refractivity contribution in [3.05, 3.63) is 88.5 Å². The van der Waals surface area contributed by atoms with Gasteiger partial charge in [-0.25, -0.2) is 22.4 Å². The average Bonchev–Trinajstić information content (AvgIpc) is 2.73. The molecule has 3 nitrogen and oxygen atoms in total. The highest BCUT2D eigenvalue weighted by molar-refractivity contribution is 6.10. The largest absolute Gasteiger partial charge is 0.423 e. The Kier molecular flexibility index (Phi) is 5.07. The van der Waals surface area contributed by atoms with E-state index in [9.17, 15) is 18.0 Å². The molecule has 4 aromatic rings. The van der Waals surface area contributed by atoms with Crippen LogP contribution in [-0.4, -0.2) is 5.97 Å². The van der Waals surface area contributed by atoms with Crippen LogP contribution in [0.5, 0.6) is 5.75 Å². The van der Waals surface area contributed by atoms with E-state index < -0.39 is 46.1 Å². The first kappa shape index (κ1) is 20.4. The summed E-state index contributed by atoms with van der Waals surface area (Å²) in [5.74, 6) is -6.91. The molecule has 0 N–H and O–H groups in total. The van der Waals surface area contributed by atoms with Gasteiger partial charge in [-0.1, -0.05) is 37.3 Å². The van der Waals surface area contributed by atoms with Gasteiger partial charge in [-0.15, -0.1) is 0 Å². The zero-order valence-corrected chi connectivity index (χ0v) is 16.1. The third-order valence-corrected chi connectivity index (χ3v) is 5.04. The van der Waals surface area contributed by atoms with Gasteiger partial charge in [0.25, 0.3) is 0 Å². The molecule has 154 valence electrons. The molecule has 0 atom stereocenters. The number of nitrogens with zero attached hydrogens (tertiary/aromatic N) is 1. The lowest BCUT2D eigenvalue weighted by atomic mass is 9.97. The molecule has 4 aromatic carbocycles. The molecule has 0 saturated carbocycles. The first-order valence-corrected chi connectivity index (χ1v) is 9.28. The predicted molar refractivity (Wildman–Crippen MR) is 107 cm³/mol. The van der Waals surface area contributed by atoms with Crippen LogP contribution < -0.4 is 4.74 Å². The van der Waals surface area contributed by atoms with Crippen LogP contribution in [0.3, 0.4) is 0 Å². The number of ether oxygens (including phenoxy) is 1. The van der Waals surface area contributed by atoms with Crippen molar-refractivity contribution in [2.24, 2.45) is 0 Å². The van der Waals surface area contributed by atoms with Gasteiger partial charge in [-0.3, -0.25) is 0 Å². The lowest BCUT2D eigenvalue weighted by molar-refractivity contribution is 0.0724. The molecule has 0 fully saturated rings. The van der Waals surface area contributed by atoms with Gasteiger partial charge in [0.15, 0.2) is 0 Å². The fourth-order valence-corrected chi connectivity index (χ4v) is 3.47. The van der Waals surface area contributed by atoms with E-state index in [-0.39, 0.29) is 10.8 Å². The van der Waals surface area contributed by atoms with E-state index in [4.69, 9.17) is 10.00 Å². The Morgan fingerprint density at radius 3 is 2.23 bits per heavy atom. The van der Waals surface area contributed by atoms with Crippen LogP contribution in [0.1, 0.15) is 28.4 Å². The second-order valence-corrected chi connectivity index (χ2v) is 6.88. The first-order chi connectivity index (χ1) is 14.8. The molecule has 0 aliphatic rings. The zero-order valence-electron chi connectivity index (χ0n) is 16.1. The summed E-state index contributed by atoms with van der Waals surface area (Å²) in [7, 11) is 0. The number of esters is 1. The normalized spacial score (nSPS) is 11.0. The fourth-order valence-electron chi connectivity index (χ4n) is 3.47. The lowest BCUT2D eigenvalue weighted by Crippen LogP contribution is -2.14. The summed E-state index contributed by atoms with van der Waals surface area (Å²) in [6, 6.07) is 12.2. The highest BCUT2D eigenvalue weighted by Crippen LogP contribution is 2.32. The van der Waals surface area contributed by atoms with Gasteiger partial charge in [-0.05, 0) is 34.2 Å². The van der Waals surface area contributed by atoms with Crippen molar-refractivity contribution in [2.45, 2.75) is 13.3 Å². The van der Waals surface area contributed by atoms with Crippen LogP contribution in [0, 0.1) is 34.6 Å². The highest BCUT2D eigenvalue weighted by Gasteiger charge is 2.24. The number of carbonyl (C=O) groups excluding carboxylic acids is 1. The molecular formula is C24H13F4NO2. The van der Waals surface area contributed by atoms with Crippen LogP contribution in [-0.2, 0) is 6.42 Å². The van der Waals surface area contributed by atoms with E-state index in [1.807, 2.05) is 19.1 Å². The van der Waals surface area contributed by atoms with Crippen molar-refractivity contribution < 1.29 is 27.1 Å². The van der Waals surface area contributed by atoms with Gasteiger partial charge in [-0.2, -0.15) is 5.26 Å². The minimum atomic E-state index is -1.46.